The SMILES string of the molecule is NC(=O)[C@H]1CNCC1=O.O=C(O)C(F)(F)F. The average molecular weight is 242 g/mol. The molecule has 0 aromatic rings. The highest BCUT2D eigenvalue weighted by Crippen LogP contribution is 2.13. The molecule has 1 amide bonds. The van der Waals surface area contributed by atoms with Crippen molar-refractivity contribution in [1.82, 2.24) is 5.32 Å². The quantitative estimate of drug-likeness (QED) is 0.505. The second-order valence-corrected chi connectivity index (χ2v) is 2.86. The zero-order valence-electron chi connectivity index (χ0n) is 7.87. The van der Waals surface area contributed by atoms with Gasteiger partial charge in [0.05, 0.1) is 6.54 Å². The summed E-state index contributed by atoms with van der Waals surface area (Å²) in [7, 11) is 0. The molecule has 0 spiro atoms. The molecule has 16 heavy (non-hydrogen) atoms. The zero-order valence-corrected chi connectivity index (χ0v) is 7.87. The van der Waals surface area contributed by atoms with Crippen molar-refractivity contribution >= 4 is 17.7 Å². The van der Waals surface area contributed by atoms with Gasteiger partial charge in [-0.25, -0.2) is 4.79 Å². The fourth-order valence-electron chi connectivity index (χ4n) is 0.836. The van der Waals surface area contributed by atoms with Crippen LogP contribution < -0.4 is 11.1 Å². The number of nitrogens with one attached hydrogen (secondary N) is 1. The van der Waals surface area contributed by atoms with Gasteiger partial charge in [-0.2, -0.15) is 13.2 Å². The van der Waals surface area contributed by atoms with Crippen LogP contribution in [0.2, 0.25) is 0 Å². The number of amides is 1. The van der Waals surface area contributed by atoms with Crippen molar-refractivity contribution in [2.45, 2.75) is 6.18 Å². The van der Waals surface area contributed by atoms with E-state index in [0.717, 1.165) is 0 Å². The molecule has 92 valence electrons. The number of carboxylic acid groups (broad SMARTS) is 1. The number of ketones is 1. The fourth-order valence-corrected chi connectivity index (χ4v) is 0.836. The molecule has 1 atom stereocenters. The van der Waals surface area contributed by atoms with E-state index in [4.69, 9.17) is 15.6 Å². The van der Waals surface area contributed by atoms with Crippen molar-refractivity contribution in [3.05, 3.63) is 0 Å². The Balaban J connectivity index is 0.000000293. The summed E-state index contributed by atoms with van der Waals surface area (Å²) in [5, 5.41) is 9.88. The number of aliphatic carboxylic acids is 1. The van der Waals surface area contributed by atoms with E-state index in [-0.39, 0.29) is 12.3 Å². The zero-order chi connectivity index (χ0) is 12.9. The number of carboxylic acids is 1. The van der Waals surface area contributed by atoms with E-state index >= 15 is 0 Å². The largest absolute Gasteiger partial charge is 0.490 e. The Morgan fingerprint density at radius 1 is 1.44 bits per heavy atom. The predicted molar refractivity (Wildman–Crippen MR) is 44.3 cm³/mol. The summed E-state index contributed by atoms with van der Waals surface area (Å²) in [5.74, 6) is -3.95. The first-order valence-electron chi connectivity index (χ1n) is 3.99. The summed E-state index contributed by atoms with van der Waals surface area (Å²) < 4.78 is 31.7. The lowest BCUT2D eigenvalue weighted by molar-refractivity contribution is -0.192. The molecular formula is C7H9F3N2O4. The molecule has 1 rings (SSSR count). The van der Waals surface area contributed by atoms with Gasteiger partial charge in [-0.15, -0.1) is 0 Å². The molecule has 0 radical (unpaired) electrons. The number of nitrogens with two attached hydrogens (primary N) is 1. The second kappa shape index (κ2) is 5.45. The molecular weight excluding hydrogens is 233 g/mol. The van der Waals surface area contributed by atoms with E-state index in [9.17, 15) is 22.8 Å². The first-order chi connectivity index (χ1) is 7.16. The molecule has 0 aliphatic carbocycles. The lowest BCUT2D eigenvalue weighted by atomic mass is 10.1. The molecule has 1 saturated heterocycles. The minimum Gasteiger partial charge on any atom is -0.475 e. The van der Waals surface area contributed by atoms with Gasteiger partial charge in [0.15, 0.2) is 5.78 Å². The highest BCUT2D eigenvalue weighted by Gasteiger charge is 2.38. The van der Waals surface area contributed by atoms with Crippen LogP contribution in [0.4, 0.5) is 13.2 Å². The van der Waals surface area contributed by atoms with Gasteiger partial charge < -0.3 is 16.2 Å². The van der Waals surface area contributed by atoms with E-state index in [0.29, 0.717) is 6.54 Å². The van der Waals surface area contributed by atoms with Crippen molar-refractivity contribution in [3.8, 4) is 0 Å². The van der Waals surface area contributed by atoms with E-state index in [1.54, 1.807) is 0 Å². The molecule has 1 aliphatic rings. The Labute approximate surface area is 87.6 Å². The van der Waals surface area contributed by atoms with Crippen LogP contribution in [0.25, 0.3) is 0 Å². The Morgan fingerprint density at radius 3 is 2.00 bits per heavy atom. The number of rotatable bonds is 1. The summed E-state index contributed by atoms with van der Waals surface area (Å²) >= 11 is 0. The van der Waals surface area contributed by atoms with Crippen LogP contribution in [0.15, 0.2) is 0 Å². The molecule has 1 fully saturated rings. The van der Waals surface area contributed by atoms with Crippen LogP contribution in [0.5, 0.6) is 0 Å². The van der Waals surface area contributed by atoms with Crippen LogP contribution in [0, 0.1) is 5.92 Å². The topological polar surface area (TPSA) is 109 Å². The predicted octanol–water partition coefficient (Wildman–Crippen LogP) is -1.11. The molecule has 0 aromatic carbocycles. The molecule has 1 heterocycles. The van der Waals surface area contributed by atoms with Crippen LogP contribution in [-0.2, 0) is 14.4 Å². The standard InChI is InChI=1S/C5H8N2O2.C2HF3O2/c6-5(9)3-1-7-2-4(3)8;3-2(4,5)1(6)7/h3,7H,1-2H2,(H2,6,9);(H,6,7)/t3-;/m0./s1. The number of hydrogen-bond donors (Lipinski definition) is 3. The summed E-state index contributed by atoms with van der Waals surface area (Å²) in [5.41, 5.74) is 4.89. The van der Waals surface area contributed by atoms with Crippen molar-refractivity contribution in [1.29, 1.82) is 0 Å². The molecule has 0 aromatic heterocycles. The van der Waals surface area contributed by atoms with Gasteiger partial charge in [-0.1, -0.05) is 0 Å². The number of carbonyl (C=O) groups excluding carboxylic acids is 2. The fraction of sp³-hybridized carbons (Fsp3) is 0.571. The molecule has 6 nitrogen and oxygen atoms in total. The Kier molecular flexibility index (Phi) is 4.89. The van der Waals surface area contributed by atoms with Crippen molar-refractivity contribution < 1.29 is 32.7 Å². The maximum Gasteiger partial charge on any atom is 0.490 e. The maximum atomic E-state index is 10.7. The van der Waals surface area contributed by atoms with Crippen LogP contribution >= 0.6 is 0 Å². The number of Topliss-reactive ketones (excluding diaryl/α,β-unsaturated/α-hetero) is 1. The lowest BCUT2D eigenvalue weighted by Gasteiger charge is -1.97. The van der Waals surface area contributed by atoms with Crippen LogP contribution in [0.1, 0.15) is 0 Å². The van der Waals surface area contributed by atoms with Gasteiger partial charge in [0.1, 0.15) is 5.92 Å². The molecule has 0 unspecified atom stereocenters. The first-order valence-corrected chi connectivity index (χ1v) is 3.99. The van der Waals surface area contributed by atoms with Gasteiger partial charge in [-0.3, -0.25) is 9.59 Å². The van der Waals surface area contributed by atoms with E-state index in [1.165, 1.54) is 0 Å². The van der Waals surface area contributed by atoms with Gasteiger partial charge in [0.2, 0.25) is 5.91 Å². The van der Waals surface area contributed by atoms with Gasteiger partial charge >= 0.3 is 12.1 Å². The van der Waals surface area contributed by atoms with Crippen molar-refractivity contribution in [3.63, 3.8) is 0 Å². The van der Waals surface area contributed by atoms with Gasteiger partial charge in [0.25, 0.3) is 0 Å². The smallest absolute Gasteiger partial charge is 0.475 e. The monoisotopic (exact) mass is 242 g/mol. The maximum absolute atomic E-state index is 10.7. The first kappa shape index (κ1) is 14.4. The minimum absolute atomic E-state index is 0.0949. The molecule has 9 heteroatoms. The molecule has 4 N–H and O–H groups in total. The van der Waals surface area contributed by atoms with Crippen molar-refractivity contribution in [2.24, 2.45) is 11.7 Å². The number of halogens is 3. The van der Waals surface area contributed by atoms with E-state index in [1.807, 2.05) is 0 Å². The Hall–Kier alpha value is -1.64. The average Bonchev–Trinajstić information content (AvgIpc) is 2.50. The van der Waals surface area contributed by atoms with Crippen LogP contribution in [-0.4, -0.2) is 42.0 Å². The summed E-state index contributed by atoms with van der Waals surface area (Å²) in [4.78, 5) is 29.9. The van der Waals surface area contributed by atoms with Gasteiger partial charge in [-0.05, 0) is 0 Å². The second-order valence-electron chi connectivity index (χ2n) is 2.86. The molecule has 0 saturated carbocycles. The highest BCUT2D eigenvalue weighted by molar-refractivity contribution is 6.03. The van der Waals surface area contributed by atoms with Crippen molar-refractivity contribution in [2.75, 3.05) is 13.1 Å². The normalized spacial score (nSPS) is 19.9. The summed E-state index contributed by atoms with van der Waals surface area (Å²) in [6.07, 6.45) is -5.08. The van der Waals surface area contributed by atoms with E-state index in [2.05, 4.69) is 5.32 Å². The summed E-state index contributed by atoms with van der Waals surface area (Å²) in [6.45, 7) is 0.696. The third kappa shape index (κ3) is 4.73. The van der Waals surface area contributed by atoms with Gasteiger partial charge in [0, 0.05) is 6.54 Å². The number of hydrogen-bond acceptors (Lipinski definition) is 4. The Morgan fingerprint density at radius 2 is 1.88 bits per heavy atom. The summed E-state index contributed by atoms with van der Waals surface area (Å²) in [6, 6.07) is 0. The van der Waals surface area contributed by atoms with Crippen LogP contribution in [0.3, 0.4) is 0 Å². The number of primary amides is 1. The third-order valence-corrected chi connectivity index (χ3v) is 1.62. The Bertz CT molecular complexity index is 302. The molecule has 0 bridgehead atoms. The lowest BCUT2D eigenvalue weighted by Crippen LogP contribution is -2.29. The molecule has 1 aliphatic heterocycles. The minimum atomic E-state index is -5.08. The number of alkyl halides is 3. The van der Waals surface area contributed by atoms with E-state index < -0.39 is 24.0 Å². The third-order valence-electron chi connectivity index (χ3n) is 1.62. The number of carbonyl (C=O) groups is 3. The highest BCUT2D eigenvalue weighted by atomic mass is 19.4.